The Morgan fingerprint density at radius 3 is 2.37 bits per heavy atom. The Morgan fingerprint density at radius 2 is 1.79 bits per heavy atom. The van der Waals surface area contributed by atoms with Gasteiger partial charge in [0, 0.05) is 19.6 Å². The van der Waals surface area contributed by atoms with E-state index in [1.165, 1.54) is 17.0 Å². The Labute approximate surface area is 111 Å². The second-order valence-corrected chi connectivity index (χ2v) is 6.73. The van der Waals surface area contributed by atoms with Crippen molar-refractivity contribution < 1.29 is 17.6 Å². The maximum Gasteiger partial charge on any atom is 0.317 e. The first-order valence-corrected chi connectivity index (χ1v) is 7.76. The number of rotatable bonds is 2. The van der Waals surface area contributed by atoms with Crippen molar-refractivity contribution in [1.82, 2.24) is 10.2 Å². The summed E-state index contributed by atoms with van der Waals surface area (Å²) >= 11 is 0. The number of hydrogen-bond donors (Lipinski definition) is 1. The zero-order valence-electron chi connectivity index (χ0n) is 10.3. The summed E-state index contributed by atoms with van der Waals surface area (Å²) in [6.07, 6.45) is 0. The van der Waals surface area contributed by atoms with Crippen LogP contribution in [-0.2, 0) is 16.4 Å². The van der Waals surface area contributed by atoms with Crippen LogP contribution in [0.25, 0.3) is 0 Å². The number of urea groups is 1. The van der Waals surface area contributed by atoms with E-state index in [4.69, 9.17) is 0 Å². The molecule has 104 valence electrons. The largest absolute Gasteiger partial charge is 0.334 e. The van der Waals surface area contributed by atoms with Crippen LogP contribution in [0.5, 0.6) is 0 Å². The number of nitrogens with one attached hydrogen (secondary N) is 1. The Kier molecular flexibility index (Phi) is 4.04. The summed E-state index contributed by atoms with van der Waals surface area (Å²) < 4.78 is 35.2. The number of sulfone groups is 1. The standard InChI is InChI=1S/C12H15FN2O3S/c13-11-3-1-10(2-4-11)9-14-12(16)15-5-7-19(17,18)8-6-15/h1-4H,5-9H2,(H,14,16). The maximum absolute atomic E-state index is 12.7. The average Bonchev–Trinajstić information content (AvgIpc) is 2.37. The SMILES string of the molecule is O=C(NCc1ccc(F)cc1)N1CCS(=O)(=O)CC1. The fourth-order valence-corrected chi connectivity index (χ4v) is 3.01. The molecule has 1 fully saturated rings. The highest BCUT2D eigenvalue weighted by atomic mass is 32.2. The molecule has 0 radical (unpaired) electrons. The van der Waals surface area contributed by atoms with Crippen LogP contribution in [0.4, 0.5) is 9.18 Å². The predicted octanol–water partition coefficient (Wildman–Crippen LogP) is 0.766. The van der Waals surface area contributed by atoms with Crippen molar-refractivity contribution in [3.63, 3.8) is 0 Å². The third-order valence-corrected chi connectivity index (χ3v) is 4.60. The van der Waals surface area contributed by atoms with Crippen molar-refractivity contribution in [3.05, 3.63) is 35.6 Å². The molecular formula is C12H15FN2O3S. The molecule has 0 aromatic heterocycles. The van der Waals surface area contributed by atoms with Crippen molar-refractivity contribution in [1.29, 1.82) is 0 Å². The number of amides is 2. The maximum atomic E-state index is 12.7. The topological polar surface area (TPSA) is 66.5 Å². The highest BCUT2D eigenvalue weighted by molar-refractivity contribution is 7.91. The smallest absolute Gasteiger partial charge is 0.317 e. The van der Waals surface area contributed by atoms with Crippen LogP contribution in [0.15, 0.2) is 24.3 Å². The van der Waals surface area contributed by atoms with Crippen molar-refractivity contribution >= 4 is 15.9 Å². The zero-order chi connectivity index (χ0) is 13.9. The van der Waals surface area contributed by atoms with Crippen LogP contribution in [0.3, 0.4) is 0 Å². The van der Waals surface area contributed by atoms with Gasteiger partial charge >= 0.3 is 6.03 Å². The summed E-state index contributed by atoms with van der Waals surface area (Å²) in [7, 11) is -2.98. The Morgan fingerprint density at radius 1 is 1.21 bits per heavy atom. The lowest BCUT2D eigenvalue weighted by molar-refractivity contribution is 0.202. The van der Waals surface area contributed by atoms with Crippen LogP contribution in [0, 0.1) is 5.82 Å². The van der Waals surface area contributed by atoms with E-state index in [0.717, 1.165) is 5.56 Å². The Bertz CT molecular complexity index is 543. The lowest BCUT2D eigenvalue weighted by Crippen LogP contribution is -2.47. The Balaban J connectivity index is 1.83. The number of nitrogens with zero attached hydrogens (tertiary/aromatic N) is 1. The average molecular weight is 286 g/mol. The third-order valence-electron chi connectivity index (χ3n) is 2.99. The van der Waals surface area contributed by atoms with Gasteiger partial charge in [0.05, 0.1) is 11.5 Å². The van der Waals surface area contributed by atoms with Gasteiger partial charge in [-0.3, -0.25) is 0 Å². The van der Waals surface area contributed by atoms with E-state index < -0.39 is 9.84 Å². The summed E-state index contributed by atoms with van der Waals surface area (Å²) in [5.74, 6) is -0.301. The fourth-order valence-electron chi connectivity index (χ4n) is 1.81. The van der Waals surface area contributed by atoms with Crippen molar-refractivity contribution in [2.75, 3.05) is 24.6 Å². The number of carbonyl (C=O) groups is 1. The molecule has 1 aromatic carbocycles. The van der Waals surface area contributed by atoms with Gasteiger partial charge in [0.25, 0.3) is 0 Å². The molecule has 0 bridgehead atoms. The highest BCUT2D eigenvalue weighted by Gasteiger charge is 2.24. The van der Waals surface area contributed by atoms with Crippen LogP contribution >= 0.6 is 0 Å². The second-order valence-electron chi connectivity index (χ2n) is 4.42. The fraction of sp³-hybridized carbons (Fsp3) is 0.417. The molecule has 1 aromatic rings. The van der Waals surface area contributed by atoms with Crippen LogP contribution < -0.4 is 5.32 Å². The van der Waals surface area contributed by atoms with E-state index in [0.29, 0.717) is 6.54 Å². The number of halogens is 1. The van der Waals surface area contributed by atoms with Crippen LogP contribution in [0.1, 0.15) is 5.56 Å². The van der Waals surface area contributed by atoms with Gasteiger partial charge in [-0.1, -0.05) is 12.1 Å². The summed E-state index contributed by atoms with van der Waals surface area (Å²) in [5, 5.41) is 2.69. The summed E-state index contributed by atoms with van der Waals surface area (Å²) in [5.41, 5.74) is 0.791. The van der Waals surface area contributed by atoms with E-state index in [2.05, 4.69) is 5.32 Å². The molecule has 0 atom stereocenters. The lowest BCUT2D eigenvalue weighted by atomic mass is 10.2. The first-order valence-electron chi connectivity index (χ1n) is 5.94. The van der Waals surface area contributed by atoms with Gasteiger partial charge in [-0.15, -0.1) is 0 Å². The van der Waals surface area contributed by atoms with Crippen molar-refractivity contribution in [2.45, 2.75) is 6.54 Å². The monoisotopic (exact) mass is 286 g/mol. The summed E-state index contributed by atoms with van der Waals surface area (Å²) in [6, 6.07) is 5.55. The molecule has 5 nitrogen and oxygen atoms in total. The van der Waals surface area contributed by atoms with E-state index in [1.807, 2.05) is 0 Å². The molecule has 0 unspecified atom stereocenters. The van der Waals surface area contributed by atoms with Gasteiger partial charge in [-0.2, -0.15) is 0 Å². The van der Waals surface area contributed by atoms with Crippen molar-refractivity contribution in [2.24, 2.45) is 0 Å². The van der Waals surface area contributed by atoms with E-state index >= 15 is 0 Å². The molecular weight excluding hydrogens is 271 g/mol. The first kappa shape index (κ1) is 13.8. The van der Waals surface area contributed by atoms with Gasteiger partial charge in [0.1, 0.15) is 5.82 Å². The van der Waals surface area contributed by atoms with Gasteiger partial charge < -0.3 is 10.2 Å². The normalized spacial score (nSPS) is 18.1. The van der Waals surface area contributed by atoms with E-state index in [9.17, 15) is 17.6 Å². The minimum Gasteiger partial charge on any atom is -0.334 e. The van der Waals surface area contributed by atoms with Gasteiger partial charge in [0.2, 0.25) is 0 Å². The first-order chi connectivity index (χ1) is 8.96. The third kappa shape index (κ3) is 3.92. The van der Waals surface area contributed by atoms with Gasteiger partial charge in [-0.05, 0) is 17.7 Å². The molecule has 1 N–H and O–H groups in total. The molecule has 0 saturated carbocycles. The zero-order valence-corrected chi connectivity index (χ0v) is 11.1. The molecule has 1 saturated heterocycles. The molecule has 7 heteroatoms. The molecule has 0 spiro atoms. The molecule has 2 rings (SSSR count). The molecule has 19 heavy (non-hydrogen) atoms. The highest BCUT2D eigenvalue weighted by Crippen LogP contribution is 2.05. The summed E-state index contributed by atoms with van der Waals surface area (Å²) in [6.45, 7) is 0.734. The van der Waals surface area contributed by atoms with Crippen LogP contribution in [0.2, 0.25) is 0 Å². The molecule has 1 aliphatic heterocycles. The van der Waals surface area contributed by atoms with Gasteiger partial charge in [-0.25, -0.2) is 17.6 Å². The minimum absolute atomic E-state index is 0.0109. The molecule has 0 aliphatic carbocycles. The molecule has 1 aliphatic rings. The lowest BCUT2D eigenvalue weighted by Gasteiger charge is -2.26. The number of benzene rings is 1. The minimum atomic E-state index is -2.98. The Hall–Kier alpha value is -1.63. The van der Waals surface area contributed by atoms with E-state index in [-0.39, 0.29) is 36.4 Å². The molecule has 1 heterocycles. The predicted molar refractivity (Wildman–Crippen MR) is 68.9 cm³/mol. The van der Waals surface area contributed by atoms with Crippen LogP contribution in [-0.4, -0.2) is 43.9 Å². The van der Waals surface area contributed by atoms with E-state index in [1.54, 1.807) is 12.1 Å². The molecule has 2 amide bonds. The van der Waals surface area contributed by atoms with Crippen molar-refractivity contribution in [3.8, 4) is 0 Å². The summed E-state index contributed by atoms with van der Waals surface area (Å²) in [4.78, 5) is 13.3. The van der Waals surface area contributed by atoms with Gasteiger partial charge in [0.15, 0.2) is 9.84 Å². The number of hydrogen-bond acceptors (Lipinski definition) is 3. The second kappa shape index (κ2) is 5.56. The quantitative estimate of drug-likeness (QED) is 0.873. The number of carbonyl (C=O) groups excluding carboxylic acids is 1.